The molecule has 1 aromatic heterocycles. The number of fused-ring (bicyclic) bond motifs is 1. The van der Waals surface area contributed by atoms with Gasteiger partial charge in [0.2, 0.25) is 5.91 Å². The third-order valence-electron chi connectivity index (χ3n) is 5.23. The average Bonchev–Trinajstić information content (AvgIpc) is 2.82. The SMILES string of the molecule is [CH2]CCC[C@H](COC(=O)Nc1cc2ccccc2cn1)N(NCc1cccc(F)c1F)C(C)=O. The lowest BCUT2D eigenvalue weighted by Crippen LogP contribution is -2.50. The zero-order valence-corrected chi connectivity index (χ0v) is 18.9. The van der Waals surface area contributed by atoms with Crippen LogP contribution in [-0.2, 0) is 16.1 Å². The number of benzene rings is 2. The molecule has 0 saturated heterocycles. The molecule has 0 aliphatic carbocycles. The van der Waals surface area contributed by atoms with Gasteiger partial charge in [0.1, 0.15) is 12.4 Å². The predicted molar refractivity (Wildman–Crippen MR) is 125 cm³/mol. The van der Waals surface area contributed by atoms with Gasteiger partial charge in [-0.15, -0.1) is 0 Å². The first kappa shape index (κ1) is 25.0. The molecule has 1 atom stereocenters. The second kappa shape index (κ2) is 12.0. The summed E-state index contributed by atoms with van der Waals surface area (Å²) in [6.07, 6.45) is 2.70. The second-order valence-electron chi connectivity index (χ2n) is 7.73. The highest BCUT2D eigenvalue weighted by atomic mass is 19.2. The largest absolute Gasteiger partial charge is 0.447 e. The normalized spacial score (nSPS) is 11.8. The number of nitrogens with zero attached hydrogens (tertiary/aromatic N) is 2. The zero-order valence-electron chi connectivity index (χ0n) is 18.9. The van der Waals surface area contributed by atoms with Crippen molar-refractivity contribution in [3.8, 4) is 0 Å². The molecule has 0 aliphatic rings. The second-order valence-corrected chi connectivity index (χ2v) is 7.73. The van der Waals surface area contributed by atoms with Crippen LogP contribution in [-0.4, -0.2) is 34.6 Å². The monoisotopic (exact) mass is 469 g/mol. The summed E-state index contributed by atoms with van der Waals surface area (Å²) in [5, 5.41) is 5.72. The van der Waals surface area contributed by atoms with Crippen LogP contribution in [0.25, 0.3) is 10.8 Å². The van der Waals surface area contributed by atoms with E-state index in [4.69, 9.17) is 4.74 Å². The molecule has 2 N–H and O–H groups in total. The number of pyridine rings is 1. The smallest absolute Gasteiger partial charge is 0.412 e. The molecule has 3 aromatic rings. The van der Waals surface area contributed by atoms with Crippen molar-refractivity contribution in [1.82, 2.24) is 15.4 Å². The van der Waals surface area contributed by atoms with E-state index in [1.54, 1.807) is 12.3 Å². The standard InChI is InChI=1S/C25H27F2N4O3/c1-3-4-11-21(31(17(2)32)29-15-20-10-7-12-22(26)24(20)27)16-34-25(33)30-23-13-18-8-5-6-9-19(18)14-28-23/h5-10,12-14,21,29H,1,3-4,11,15-16H2,2H3,(H,28,30,33)/t21-/m1/s1. The van der Waals surface area contributed by atoms with E-state index in [1.807, 2.05) is 24.3 Å². The highest BCUT2D eigenvalue weighted by Gasteiger charge is 2.23. The van der Waals surface area contributed by atoms with Crippen LogP contribution in [0.3, 0.4) is 0 Å². The summed E-state index contributed by atoms with van der Waals surface area (Å²) in [4.78, 5) is 28.9. The van der Waals surface area contributed by atoms with Gasteiger partial charge >= 0.3 is 6.09 Å². The van der Waals surface area contributed by atoms with E-state index in [-0.39, 0.29) is 24.6 Å². The average molecular weight is 470 g/mol. The topological polar surface area (TPSA) is 83.6 Å². The number of ether oxygens (including phenoxy) is 1. The molecule has 2 aromatic carbocycles. The molecule has 0 saturated carbocycles. The van der Waals surface area contributed by atoms with Crippen LogP contribution < -0.4 is 10.7 Å². The van der Waals surface area contributed by atoms with Crippen molar-refractivity contribution >= 4 is 28.6 Å². The Bertz CT molecular complexity index is 1140. The number of rotatable bonds is 10. The van der Waals surface area contributed by atoms with E-state index in [2.05, 4.69) is 22.7 Å². The number of hydrazine groups is 1. The van der Waals surface area contributed by atoms with Crippen molar-refractivity contribution in [3.05, 3.63) is 78.8 Å². The molecule has 7 nitrogen and oxygen atoms in total. The molecule has 9 heteroatoms. The van der Waals surface area contributed by atoms with Crippen LogP contribution in [0.4, 0.5) is 19.4 Å². The van der Waals surface area contributed by atoms with Crippen LogP contribution in [0.2, 0.25) is 0 Å². The quantitative estimate of drug-likeness (QED) is 0.409. The Labute approximate surface area is 197 Å². The molecule has 179 valence electrons. The number of hydrogen-bond donors (Lipinski definition) is 2. The molecular formula is C25H27F2N4O3. The number of halogens is 2. The zero-order chi connectivity index (χ0) is 24.5. The summed E-state index contributed by atoms with van der Waals surface area (Å²) in [6, 6.07) is 12.6. The number of anilines is 1. The first-order valence-corrected chi connectivity index (χ1v) is 10.9. The third-order valence-corrected chi connectivity index (χ3v) is 5.23. The molecule has 3 rings (SSSR count). The number of nitrogens with one attached hydrogen (secondary N) is 2. The Hall–Kier alpha value is -3.59. The van der Waals surface area contributed by atoms with Crippen molar-refractivity contribution < 1.29 is 23.1 Å². The van der Waals surface area contributed by atoms with E-state index < -0.39 is 23.8 Å². The Morgan fingerprint density at radius 1 is 1.15 bits per heavy atom. The van der Waals surface area contributed by atoms with Gasteiger partial charge in [-0.05, 0) is 23.9 Å². The molecular weight excluding hydrogens is 442 g/mol. The minimum atomic E-state index is -0.980. The highest BCUT2D eigenvalue weighted by Crippen LogP contribution is 2.17. The first-order valence-electron chi connectivity index (χ1n) is 10.9. The Kier molecular flexibility index (Phi) is 8.86. The lowest BCUT2D eigenvalue weighted by molar-refractivity contribution is -0.136. The maximum Gasteiger partial charge on any atom is 0.412 e. The van der Waals surface area contributed by atoms with E-state index in [0.717, 1.165) is 16.8 Å². The first-order chi connectivity index (χ1) is 16.4. The van der Waals surface area contributed by atoms with Gasteiger partial charge in [0.15, 0.2) is 11.6 Å². The lowest BCUT2D eigenvalue weighted by atomic mass is 10.1. The van der Waals surface area contributed by atoms with E-state index in [0.29, 0.717) is 25.1 Å². The van der Waals surface area contributed by atoms with Crippen LogP contribution in [0.5, 0.6) is 0 Å². The van der Waals surface area contributed by atoms with Crippen molar-refractivity contribution in [2.45, 2.75) is 38.8 Å². The van der Waals surface area contributed by atoms with Crippen molar-refractivity contribution in [1.29, 1.82) is 0 Å². The van der Waals surface area contributed by atoms with E-state index in [1.165, 1.54) is 24.1 Å². The van der Waals surface area contributed by atoms with Crippen molar-refractivity contribution in [2.75, 3.05) is 11.9 Å². The molecule has 34 heavy (non-hydrogen) atoms. The van der Waals surface area contributed by atoms with Gasteiger partial charge in [-0.2, -0.15) is 0 Å². The number of unbranched alkanes of at least 4 members (excludes halogenated alkanes) is 1. The number of amides is 2. The Morgan fingerprint density at radius 2 is 1.91 bits per heavy atom. The molecule has 2 amide bonds. The minimum Gasteiger partial charge on any atom is -0.447 e. The number of carbonyl (C=O) groups excluding carboxylic acids is 2. The van der Waals surface area contributed by atoms with Crippen LogP contribution >= 0.6 is 0 Å². The summed E-state index contributed by atoms with van der Waals surface area (Å²) < 4.78 is 32.9. The van der Waals surface area contributed by atoms with Gasteiger partial charge in [-0.3, -0.25) is 15.1 Å². The summed E-state index contributed by atoms with van der Waals surface area (Å²) >= 11 is 0. The molecule has 0 aliphatic heterocycles. The molecule has 0 fully saturated rings. The molecule has 0 spiro atoms. The van der Waals surface area contributed by atoms with Gasteiger partial charge in [-0.1, -0.05) is 56.2 Å². The number of aromatic nitrogens is 1. The fourth-order valence-corrected chi connectivity index (χ4v) is 3.48. The summed E-state index contributed by atoms with van der Waals surface area (Å²) in [6.45, 7) is 4.92. The summed E-state index contributed by atoms with van der Waals surface area (Å²) in [5.74, 6) is -1.97. The highest BCUT2D eigenvalue weighted by molar-refractivity contribution is 5.89. The number of hydrogen-bond acceptors (Lipinski definition) is 5. The van der Waals surface area contributed by atoms with Gasteiger partial charge in [-0.25, -0.2) is 24.0 Å². The van der Waals surface area contributed by atoms with Crippen LogP contribution in [0.1, 0.15) is 31.7 Å². The fourth-order valence-electron chi connectivity index (χ4n) is 3.48. The lowest BCUT2D eigenvalue weighted by Gasteiger charge is -2.31. The van der Waals surface area contributed by atoms with Crippen LogP contribution in [0.15, 0.2) is 54.7 Å². The van der Waals surface area contributed by atoms with Gasteiger partial charge in [0.05, 0.1) is 6.04 Å². The van der Waals surface area contributed by atoms with Crippen molar-refractivity contribution in [2.24, 2.45) is 0 Å². The maximum absolute atomic E-state index is 14.0. The number of carbonyl (C=O) groups is 2. The summed E-state index contributed by atoms with van der Waals surface area (Å²) in [5.41, 5.74) is 2.91. The summed E-state index contributed by atoms with van der Waals surface area (Å²) in [7, 11) is 0. The van der Waals surface area contributed by atoms with Gasteiger partial charge < -0.3 is 4.74 Å². The van der Waals surface area contributed by atoms with Crippen LogP contribution in [0, 0.1) is 18.6 Å². The minimum absolute atomic E-state index is 0.0724. The molecule has 1 radical (unpaired) electrons. The maximum atomic E-state index is 14.0. The third kappa shape index (κ3) is 6.71. The fraction of sp³-hybridized carbons (Fsp3) is 0.280. The van der Waals surface area contributed by atoms with Gasteiger partial charge in [0, 0.05) is 30.6 Å². The Morgan fingerprint density at radius 3 is 2.65 bits per heavy atom. The Balaban J connectivity index is 1.64. The molecule has 0 unspecified atom stereocenters. The molecule has 0 bridgehead atoms. The van der Waals surface area contributed by atoms with Gasteiger partial charge in [0.25, 0.3) is 0 Å². The predicted octanol–water partition coefficient (Wildman–Crippen LogP) is 4.99. The molecule has 1 heterocycles. The van der Waals surface area contributed by atoms with E-state index in [9.17, 15) is 18.4 Å². The van der Waals surface area contributed by atoms with E-state index >= 15 is 0 Å². The van der Waals surface area contributed by atoms with Crippen molar-refractivity contribution in [3.63, 3.8) is 0 Å².